The fraction of sp³-hybridized carbons (Fsp3) is 0.565. The van der Waals surface area contributed by atoms with Crippen LogP contribution in [0.25, 0.3) is 0 Å². The number of aliphatic imine (C=N–C) groups is 1. The Morgan fingerprint density at radius 1 is 1.34 bits per heavy atom. The van der Waals surface area contributed by atoms with E-state index in [9.17, 15) is 0 Å². The zero-order valence-electron chi connectivity index (χ0n) is 17.7. The number of hydrogen-bond donors (Lipinski definition) is 0. The van der Waals surface area contributed by atoms with E-state index in [0.29, 0.717) is 23.8 Å². The molecule has 2 fully saturated rings. The molecule has 29 heavy (non-hydrogen) atoms. The maximum atomic E-state index is 8.12. The molecule has 0 aromatic heterocycles. The summed E-state index contributed by atoms with van der Waals surface area (Å²) in [6, 6.07) is 6.71. The van der Waals surface area contributed by atoms with Crippen molar-refractivity contribution >= 4 is 17.6 Å². The van der Waals surface area contributed by atoms with Crippen LogP contribution >= 0.6 is 0 Å². The van der Waals surface area contributed by atoms with Crippen molar-refractivity contribution in [2.24, 2.45) is 16.8 Å². The molecule has 2 saturated heterocycles. The molecule has 4 atom stereocenters. The first kappa shape index (κ1) is 21.3. The molecule has 0 saturated carbocycles. The monoisotopic (exact) mass is 398 g/mol. The van der Waals surface area contributed by atoms with Crippen LogP contribution in [0.4, 0.5) is 5.69 Å². The van der Waals surface area contributed by atoms with Crippen LogP contribution in [0.1, 0.15) is 44.6 Å². The fourth-order valence-corrected chi connectivity index (χ4v) is 5.35. The molecule has 0 aliphatic carbocycles. The molecular weight excluding hydrogens is 368 g/mol. The van der Waals surface area contributed by atoms with Crippen molar-refractivity contribution in [2.75, 3.05) is 27.3 Å². The maximum Gasteiger partial charge on any atom is 0.373 e. The van der Waals surface area contributed by atoms with Crippen LogP contribution in [0, 0.1) is 11.8 Å². The van der Waals surface area contributed by atoms with Crippen LogP contribution in [0.2, 0.25) is 0 Å². The zero-order valence-corrected chi connectivity index (χ0v) is 17.7. The first-order valence-corrected chi connectivity index (χ1v) is 10.3. The van der Waals surface area contributed by atoms with Crippen LogP contribution in [-0.2, 0) is 14.3 Å². The van der Waals surface area contributed by atoms with Gasteiger partial charge < -0.3 is 9.47 Å². The van der Waals surface area contributed by atoms with E-state index in [1.807, 2.05) is 6.26 Å². The average Bonchev–Trinajstić information content (AvgIpc) is 3.12. The number of rotatable bonds is 4. The molecule has 6 nitrogen and oxygen atoms in total. The minimum Gasteiger partial charge on any atom is -0.504 e. The van der Waals surface area contributed by atoms with E-state index in [1.165, 1.54) is 29.8 Å². The van der Waals surface area contributed by atoms with Crippen molar-refractivity contribution in [1.29, 1.82) is 0 Å². The number of fused-ring (bicyclic) bond motifs is 5. The van der Waals surface area contributed by atoms with Gasteiger partial charge in [0.1, 0.15) is 5.75 Å². The number of hydrogen-bond acceptors (Lipinski definition) is 6. The lowest BCUT2D eigenvalue weighted by Crippen LogP contribution is -2.55. The summed E-state index contributed by atoms with van der Waals surface area (Å²) < 4.78 is 11.0. The van der Waals surface area contributed by atoms with Gasteiger partial charge in [0.15, 0.2) is 0 Å². The highest BCUT2D eigenvalue weighted by atomic mass is 16.5. The molecule has 0 spiro atoms. The van der Waals surface area contributed by atoms with Crippen LogP contribution < -0.4 is 4.74 Å². The number of carbonyl (C=O) groups excluding carboxylic acids is 2. The summed E-state index contributed by atoms with van der Waals surface area (Å²) in [5, 5.41) is 0. The second-order valence-electron chi connectivity index (χ2n) is 7.97. The molecule has 0 radical (unpaired) electrons. The van der Waals surface area contributed by atoms with Crippen molar-refractivity contribution in [3.8, 4) is 5.75 Å². The van der Waals surface area contributed by atoms with Gasteiger partial charge in [-0.05, 0) is 55.9 Å². The Bertz CT molecular complexity index is 826. The average molecular weight is 399 g/mol. The number of allylic oxidation sites excluding steroid dienone is 1. The summed E-state index contributed by atoms with van der Waals surface area (Å²) in [4.78, 5) is 24.0. The minimum absolute atomic E-state index is 0.250. The Labute approximate surface area is 172 Å². The third kappa shape index (κ3) is 4.00. The van der Waals surface area contributed by atoms with E-state index in [4.69, 9.17) is 24.1 Å². The van der Waals surface area contributed by atoms with E-state index in [0.717, 1.165) is 30.8 Å². The van der Waals surface area contributed by atoms with Gasteiger partial charge in [-0.2, -0.15) is 9.59 Å². The molecule has 0 bridgehead atoms. The first-order valence-electron chi connectivity index (χ1n) is 10.3. The predicted molar refractivity (Wildman–Crippen MR) is 110 cm³/mol. The molecule has 3 heterocycles. The maximum absolute atomic E-state index is 8.12. The van der Waals surface area contributed by atoms with Gasteiger partial charge >= 0.3 is 6.15 Å². The van der Waals surface area contributed by atoms with Crippen molar-refractivity contribution in [3.05, 3.63) is 35.6 Å². The summed E-state index contributed by atoms with van der Waals surface area (Å²) in [6.07, 6.45) is 5.71. The van der Waals surface area contributed by atoms with Gasteiger partial charge in [0, 0.05) is 29.8 Å². The van der Waals surface area contributed by atoms with Crippen molar-refractivity contribution in [3.63, 3.8) is 0 Å². The highest BCUT2D eigenvalue weighted by molar-refractivity contribution is 6.03. The lowest BCUT2D eigenvalue weighted by atomic mass is 9.72. The smallest absolute Gasteiger partial charge is 0.373 e. The molecule has 3 aliphatic heterocycles. The Morgan fingerprint density at radius 3 is 2.76 bits per heavy atom. The number of piperidine rings is 2. The molecule has 6 heteroatoms. The molecule has 0 amide bonds. The summed E-state index contributed by atoms with van der Waals surface area (Å²) in [6.45, 7) is 6.86. The van der Waals surface area contributed by atoms with Gasteiger partial charge in [0.2, 0.25) is 0 Å². The first-order chi connectivity index (χ1) is 14.1. The van der Waals surface area contributed by atoms with Gasteiger partial charge in [-0.25, -0.2) is 0 Å². The minimum atomic E-state index is 0.250. The Kier molecular flexibility index (Phi) is 6.88. The summed E-state index contributed by atoms with van der Waals surface area (Å²) in [7, 11) is 3.52. The Balaban J connectivity index is 0.000000755. The van der Waals surface area contributed by atoms with Gasteiger partial charge in [0.05, 0.1) is 26.2 Å². The number of nitrogens with zero attached hydrogens (tertiary/aromatic N) is 2. The van der Waals surface area contributed by atoms with Crippen molar-refractivity contribution in [1.82, 2.24) is 4.90 Å². The summed E-state index contributed by atoms with van der Waals surface area (Å²) >= 11 is 0. The lowest BCUT2D eigenvalue weighted by Gasteiger charge is -2.48. The molecule has 0 N–H and O–H groups in total. The highest BCUT2D eigenvalue weighted by Crippen LogP contribution is 2.49. The van der Waals surface area contributed by atoms with Crippen LogP contribution in [-0.4, -0.2) is 50.1 Å². The van der Waals surface area contributed by atoms with E-state index < -0.39 is 0 Å². The topological polar surface area (TPSA) is 68.2 Å². The lowest BCUT2D eigenvalue weighted by molar-refractivity contribution is -0.191. The number of methoxy groups -OCH3 is 2. The number of ether oxygens (including phenoxy) is 2. The van der Waals surface area contributed by atoms with E-state index in [-0.39, 0.29) is 6.15 Å². The van der Waals surface area contributed by atoms with Crippen molar-refractivity contribution in [2.45, 2.75) is 45.1 Å². The quantitative estimate of drug-likeness (QED) is 0.719. The molecule has 156 valence electrons. The summed E-state index contributed by atoms with van der Waals surface area (Å²) in [5.41, 5.74) is 5.16. The molecule has 1 aromatic carbocycles. The molecule has 3 aliphatic rings. The van der Waals surface area contributed by atoms with Gasteiger partial charge in [-0.3, -0.25) is 9.89 Å². The molecular formula is C23H30N2O4. The van der Waals surface area contributed by atoms with Crippen molar-refractivity contribution < 1.29 is 19.1 Å². The van der Waals surface area contributed by atoms with E-state index in [2.05, 4.69) is 36.9 Å². The Morgan fingerprint density at radius 2 is 2.10 bits per heavy atom. The van der Waals surface area contributed by atoms with Gasteiger partial charge in [-0.1, -0.05) is 19.4 Å². The molecule has 1 aromatic rings. The second kappa shape index (κ2) is 9.38. The van der Waals surface area contributed by atoms with Crippen LogP contribution in [0.15, 0.2) is 35.0 Å². The summed E-state index contributed by atoms with van der Waals surface area (Å²) in [5.74, 6) is 2.70. The largest absolute Gasteiger partial charge is 0.504 e. The predicted octanol–water partition coefficient (Wildman–Crippen LogP) is 3.95. The fourth-order valence-electron chi connectivity index (χ4n) is 5.35. The third-order valence-electron chi connectivity index (χ3n) is 6.63. The van der Waals surface area contributed by atoms with E-state index >= 15 is 0 Å². The Hall–Kier alpha value is -2.43. The normalized spacial score (nSPS) is 28.0. The van der Waals surface area contributed by atoms with E-state index in [1.54, 1.807) is 14.2 Å². The SMILES string of the molecule is CC[C@@H]1CN2CCC3C(=Nc4cccc(OC)c43)[C@@H]2C[C@@H]1/C(C)=C\OC.O=C=O. The van der Waals surface area contributed by atoms with Gasteiger partial charge in [-0.15, -0.1) is 0 Å². The third-order valence-corrected chi connectivity index (χ3v) is 6.63. The standard InChI is InChI=1S/C22H30N2O2.CO2/c1-5-15-12-24-10-9-16-21-18(7-6-8-20(21)26-4)23-22(16)19(24)11-17(15)14(2)13-25-3;2-1-3/h6-8,13,15-17,19H,5,9-12H2,1-4H3;/b14-13-;/t15-,16?,17-,19+;/m1./s1. The number of benzene rings is 1. The van der Waals surface area contributed by atoms with Crippen LogP contribution in [0.5, 0.6) is 5.75 Å². The zero-order chi connectivity index (χ0) is 21.0. The molecule has 4 rings (SSSR count). The molecule has 1 unspecified atom stereocenters. The van der Waals surface area contributed by atoms with Gasteiger partial charge in [0.25, 0.3) is 0 Å². The second-order valence-corrected chi connectivity index (χ2v) is 7.97. The highest BCUT2D eigenvalue weighted by Gasteiger charge is 2.45. The van der Waals surface area contributed by atoms with Crippen LogP contribution in [0.3, 0.4) is 0 Å².